The van der Waals surface area contributed by atoms with Gasteiger partial charge in [0, 0.05) is 30.6 Å². The number of aryl methyl sites for hydroxylation is 1. The number of fused-ring (bicyclic) bond motifs is 1. The number of nitrogens with one attached hydrogen (secondary N) is 2. The lowest BCUT2D eigenvalue weighted by Gasteiger charge is -2.20. The van der Waals surface area contributed by atoms with Crippen LogP contribution in [0.5, 0.6) is 5.75 Å². The molecule has 2 N–H and O–H groups in total. The predicted octanol–water partition coefficient (Wildman–Crippen LogP) is 4.31. The summed E-state index contributed by atoms with van der Waals surface area (Å²) in [5.74, 6) is 1.77. The third-order valence-corrected chi connectivity index (χ3v) is 6.24. The summed E-state index contributed by atoms with van der Waals surface area (Å²) in [4.78, 5) is 30.0. The van der Waals surface area contributed by atoms with E-state index < -0.39 is 0 Å². The number of hydrogen-bond donors (Lipinski definition) is 2. The minimum Gasteiger partial charge on any atom is -0.497 e. The molecule has 0 aliphatic heterocycles. The standard InChI is InChI=1S/C26H32N4O3/c1-33-21-12-7-11-20(17-21)28-25(31)18-30-23-14-6-5-13-22(23)29-24(30)15-8-16-27-26(32)19-9-3-2-4-10-19/h5-7,11-14,17,19H,2-4,8-10,15-16,18H2,1H3,(H,27,32)(H,28,31). The van der Waals surface area contributed by atoms with Gasteiger partial charge < -0.3 is 19.9 Å². The molecule has 33 heavy (non-hydrogen) atoms. The third kappa shape index (κ3) is 5.92. The maximum Gasteiger partial charge on any atom is 0.244 e. The van der Waals surface area contributed by atoms with Crippen molar-refractivity contribution in [1.82, 2.24) is 14.9 Å². The molecule has 0 unspecified atom stereocenters. The smallest absolute Gasteiger partial charge is 0.244 e. The number of carbonyl (C=O) groups excluding carboxylic acids is 2. The maximum absolute atomic E-state index is 12.8. The summed E-state index contributed by atoms with van der Waals surface area (Å²) in [6.07, 6.45) is 7.02. The molecule has 2 aromatic carbocycles. The van der Waals surface area contributed by atoms with Crippen LogP contribution in [0.2, 0.25) is 0 Å². The Balaban J connectivity index is 1.38. The third-order valence-electron chi connectivity index (χ3n) is 6.24. The highest BCUT2D eigenvalue weighted by Crippen LogP contribution is 2.24. The number of amides is 2. The molecular formula is C26H32N4O3. The van der Waals surface area contributed by atoms with E-state index in [0.29, 0.717) is 24.4 Å². The van der Waals surface area contributed by atoms with Crippen LogP contribution in [0.15, 0.2) is 48.5 Å². The Kier molecular flexibility index (Phi) is 7.60. The molecule has 0 radical (unpaired) electrons. The molecular weight excluding hydrogens is 416 g/mol. The van der Waals surface area contributed by atoms with Crippen LogP contribution >= 0.6 is 0 Å². The molecule has 0 bridgehead atoms. The van der Waals surface area contributed by atoms with E-state index in [4.69, 9.17) is 9.72 Å². The SMILES string of the molecule is COc1cccc(NC(=O)Cn2c(CCCNC(=O)C3CCCCC3)nc3ccccc32)c1. The summed E-state index contributed by atoms with van der Waals surface area (Å²) in [7, 11) is 1.60. The number of hydrogen-bond acceptors (Lipinski definition) is 4. The van der Waals surface area contributed by atoms with Crippen molar-refractivity contribution in [3.63, 3.8) is 0 Å². The number of benzene rings is 2. The van der Waals surface area contributed by atoms with E-state index in [1.165, 1.54) is 6.42 Å². The van der Waals surface area contributed by atoms with E-state index >= 15 is 0 Å². The van der Waals surface area contributed by atoms with Crippen LogP contribution in [0.1, 0.15) is 44.3 Å². The van der Waals surface area contributed by atoms with Crippen molar-refractivity contribution in [2.75, 3.05) is 19.0 Å². The van der Waals surface area contributed by atoms with Crippen LogP contribution < -0.4 is 15.4 Å². The van der Waals surface area contributed by atoms with Crippen LogP contribution in [-0.2, 0) is 22.6 Å². The number of methoxy groups -OCH3 is 1. The molecule has 0 atom stereocenters. The Morgan fingerprint density at radius 3 is 2.73 bits per heavy atom. The second-order valence-electron chi connectivity index (χ2n) is 8.61. The van der Waals surface area contributed by atoms with Gasteiger partial charge in [-0.05, 0) is 43.5 Å². The van der Waals surface area contributed by atoms with Crippen LogP contribution in [0.25, 0.3) is 11.0 Å². The molecule has 2 amide bonds. The highest BCUT2D eigenvalue weighted by Gasteiger charge is 2.20. The van der Waals surface area contributed by atoms with Gasteiger partial charge in [0.05, 0.1) is 18.1 Å². The molecule has 1 saturated carbocycles. The molecule has 1 aliphatic carbocycles. The summed E-state index contributed by atoms with van der Waals surface area (Å²) in [6.45, 7) is 0.788. The Morgan fingerprint density at radius 2 is 1.91 bits per heavy atom. The lowest BCUT2D eigenvalue weighted by molar-refractivity contribution is -0.125. The van der Waals surface area contributed by atoms with E-state index in [1.54, 1.807) is 13.2 Å². The van der Waals surface area contributed by atoms with Gasteiger partial charge in [-0.2, -0.15) is 0 Å². The number of nitrogens with zero attached hydrogens (tertiary/aromatic N) is 2. The second kappa shape index (κ2) is 11.0. The van der Waals surface area contributed by atoms with Gasteiger partial charge in [-0.15, -0.1) is 0 Å². The van der Waals surface area contributed by atoms with Gasteiger partial charge in [0.2, 0.25) is 11.8 Å². The highest BCUT2D eigenvalue weighted by atomic mass is 16.5. The number of imidazole rings is 1. The van der Waals surface area contributed by atoms with Crippen LogP contribution in [0, 0.1) is 5.92 Å². The number of rotatable bonds is 9. The zero-order valence-electron chi connectivity index (χ0n) is 19.2. The van der Waals surface area contributed by atoms with Crippen molar-refractivity contribution in [3.8, 4) is 5.75 Å². The summed E-state index contributed by atoms with van der Waals surface area (Å²) < 4.78 is 7.20. The first-order valence-corrected chi connectivity index (χ1v) is 11.8. The lowest BCUT2D eigenvalue weighted by Crippen LogP contribution is -2.32. The molecule has 3 aromatic rings. The number of aromatic nitrogens is 2. The number of carbonyl (C=O) groups is 2. The maximum atomic E-state index is 12.8. The number of para-hydroxylation sites is 2. The topological polar surface area (TPSA) is 85.2 Å². The van der Waals surface area contributed by atoms with E-state index in [0.717, 1.165) is 49.0 Å². The monoisotopic (exact) mass is 448 g/mol. The molecule has 174 valence electrons. The van der Waals surface area contributed by atoms with Crippen molar-refractivity contribution in [1.29, 1.82) is 0 Å². The first kappa shape index (κ1) is 22.8. The highest BCUT2D eigenvalue weighted by molar-refractivity contribution is 5.92. The Morgan fingerprint density at radius 1 is 1.09 bits per heavy atom. The van der Waals surface area contributed by atoms with Gasteiger partial charge >= 0.3 is 0 Å². The minimum absolute atomic E-state index is 0.127. The van der Waals surface area contributed by atoms with Crippen molar-refractivity contribution in [3.05, 3.63) is 54.4 Å². The quantitative estimate of drug-likeness (QED) is 0.478. The Labute approximate surface area is 194 Å². The Hall–Kier alpha value is -3.35. The molecule has 1 fully saturated rings. The van der Waals surface area contributed by atoms with Gasteiger partial charge in [-0.3, -0.25) is 9.59 Å². The van der Waals surface area contributed by atoms with E-state index in [-0.39, 0.29) is 24.3 Å². The number of ether oxygens (including phenoxy) is 1. The first-order valence-electron chi connectivity index (χ1n) is 11.8. The summed E-state index contributed by atoms with van der Waals surface area (Å²) in [5.41, 5.74) is 2.49. The largest absolute Gasteiger partial charge is 0.497 e. The summed E-state index contributed by atoms with van der Waals surface area (Å²) >= 11 is 0. The van der Waals surface area contributed by atoms with Crippen molar-refractivity contribution in [2.45, 2.75) is 51.5 Å². The average molecular weight is 449 g/mol. The van der Waals surface area contributed by atoms with Crippen molar-refractivity contribution >= 4 is 28.5 Å². The van der Waals surface area contributed by atoms with Crippen LogP contribution in [0.3, 0.4) is 0 Å². The van der Waals surface area contributed by atoms with Gasteiger partial charge in [0.25, 0.3) is 0 Å². The Bertz CT molecular complexity index is 1100. The molecule has 0 spiro atoms. The van der Waals surface area contributed by atoms with Gasteiger partial charge in [0.15, 0.2) is 0 Å². The van der Waals surface area contributed by atoms with Crippen molar-refractivity contribution in [2.24, 2.45) is 5.92 Å². The summed E-state index contributed by atoms with van der Waals surface area (Å²) in [6, 6.07) is 15.1. The molecule has 1 heterocycles. The number of anilines is 1. The fraction of sp³-hybridized carbons (Fsp3) is 0.423. The summed E-state index contributed by atoms with van der Waals surface area (Å²) in [5, 5.41) is 6.03. The van der Waals surface area contributed by atoms with Gasteiger partial charge in [-0.25, -0.2) is 4.98 Å². The fourth-order valence-corrected chi connectivity index (χ4v) is 4.50. The molecule has 0 saturated heterocycles. The molecule has 1 aliphatic rings. The van der Waals surface area contributed by atoms with Gasteiger partial charge in [-0.1, -0.05) is 37.5 Å². The second-order valence-corrected chi connectivity index (χ2v) is 8.61. The normalized spacial score (nSPS) is 14.2. The van der Waals surface area contributed by atoms with Crippen LogP contribution in [0.4, 0.5) is 5.69 Å². The van der Waals surface area contributed by atoms with Crippen LogP contribution in [-0.4, -0.2) is 35.0 Å². The lowest BCUT2D eigenvalue weighted by atomic mass is 9.89. The molecule has 4 rings (SSSR count). The fourth-order valence-electron chi connectivity index (χ4n) is 4.50. The average Bonchev–Trinajstić information content (AvgIpc) is 3.19. The van der Waals surface area contributed by atoms with E-state index in [2.05, 4.69) is 10.6 Å². The molecule has 7 heteroatoms. The zero-order valence-corrected chi connectivity index (χ0v) is 19.2. The van der Waals surface area contributed by atoms with E-state index in [9.17, 15) is 9.59 Å². The molecule has 7 nitrogen and oxygen atoms in total. The predicted molar refractivity (Wildman–Crippen MR) is 129 cm³/mol. The van der Waals surface area contributed by atoms with E-state index in [1.807, 2.05) is 47.0 Å². The van der Waals surface area contributed by atoms with Gasteiger partial charge in [0.1, 0.15) is 18.1 Å². The zero-order chi connectivity index (χ0) is 23.0. The van der Waals surface area contributed by atoms with Crippen molar-refractivity contribution < 1.29 is 14.3 Å². The first-order chi connectivity index (χ1) is 16.1. The molecule has 1 aromatic heterocycles. The minimum atomic E-state index is -0.127.